The molecule has 0 unspecified atom stereocenters. The van der Waals surface area contributed by atoms with E-state index in [4.69, 9.17) is 28.6 Å². The molecule has 0 saturated carbocycles. The van der Waals surface area contributed by atoms with E-state index in [0.717, 1.165) is 22.0 Å². The number of thiocarbonyl (C=S) groups is 1. The predicted octanol–water partition coefficient (Wildman–Crippen LogP) is 4.40. The van der Waals surface area contributed by atoms with Crippen LogP contribution in [0.15, 0.2) is 48.5 Å². The lowest BCUT2D eigenvalue weighted by Gasteiger charge is -2.17. The van der Waals surface area contributed by atoms with Crippen LogP contribution in [0.25, 0.3) is 0 Å². The van der Waals surface area contributed by atoms with Crippen LogP contribution in [0.4, 0.5) is 5.69 Å². The summed E-state index contributed by atoms with van der Waals surface area (Å²) in [5.41, 5.74) is 2.04. The Bertz CT molecular complexity index is 599. The Balaban J connectivity index is 1.92. The number of ether oxygens (including phenoxy) is 1. The molecule has 0 aromatic heterocycles. The van der Waals surface area contributed by atoms with E-state index in [9.17, 15) is 0 Å². The van der Waals surface area contributed by atoms with Gasteiger partial charge < -0.3 is 15.4 Å². The second-order valence-corrected chi connectivity index (χ2v) is 5.44. The summed E-state index contributed by atoms with van der Waals surface area (Å²) in [4.78, 5) is 0. The standard InChI is InChI=1S/C16H17ClN2OS/c1-11(12-3-5-13(17)6-4-12)18-16(21)19-14-7-9-15(20-2)10-8-14/h3-11H,1-2H3,(H2,18,19,21)/t11-/m1/s1. The van der Waals surface area contributed by atoms with Gasteiger partial charge in [0.05, 0.1) is 13.2 Å². The summed E-state index contributed by atoms with van der Waals surface area (Å²) in [5.74, 6) is 0.814. The fourth-order valence-corrected chi connectivity index (χ4v) is 2.29. The average Bonchev–Trinajstić information content (AvgIpc) is 2.48. The van der Waals surface area contributed by atoms with Crippen LogP contribution in [0, 0.1) is 0 Å². The molecular weight excluding hydrogens is 304 g/mol. The summed E-state index contributed by atoms with van der Waals surface area (Å²) < 4.78 is 5.12. The van der Waals surface area contributed by atoms with Crippen LogP contribution in [-0.2, 0) is 0 Å². The van der Waals surface area contributed by atoms with Crippen molar-refractivity contribution in [2.75, 3.05) is 12.4 Å². The highest BCUT2D eigenvalue weighted by Gasteiger charge is 2.07. The van der Waals surface area contributed by atoms with Crippen LogP contribution in [0.3, 0.4) is 0 Å². The summed E-state index contributed by atoms with van der Waals surface area (Å²) in [6, 6.07) is 15.4. The number of hydrogen-bond donors (Lipinski definition) is 2. The van der Waals surface area contributed by atoms with Crippen LogP contribution < -0.4 is 15.4 Å². The Kier molecular flexibility index (Phi) is 5.42. The van der Waals surface area contributed by atoms with Gasteiger partial charge in [0, 0.05) is 10.7 Å². The third-order valence-corrected chi connectivity index (χ3v) is 3.54. The van der Waals surface area contributed by atoms with E-state index in [0.29, 0.717) is 5.11 Å². The van der Waals surface area contributed by atoms with Crippen LogP contribution in [0.5, 0.6) is 5.75 Å². The van der Waals surface area contributed by atoms with Gasteiger partial charge in [-0.3, -0.25) is 0 Å². The maximum Gasteiger partial charge on any atom is 0.171 e. The van der Waals surface area contributed by atoms with Crippen molar-refractivity contribution in [3.05, 3.63) is 59.1 Å². The van der Waals surface area contributed by atoms with Gasteiger partial charge in [-0.15, -0.1) is 0 Å². The van der Waals surface area contributed by atoms with Crippen molar-refractivity contribution in [2.24, 2.45) is 0 Å². The van der Waals surface area contributed by atoms with Gasteiger partial charge in [-0.2, -0.15) is 0 Å². The van der Waals surface area contributed by atoms with Gasteiger partial charge in [0.15, 0.2) is 5.11 Å². The van der Waals surface area contributed by atoms with Crippen LogP contribution in [0.2, 0.25) is 5.02 Å². The molecule has 0 saturated heterocycles. The third-order valence-electron chi connectivity index (χ3n) is 3.07. The molecule has 0 fully saturated rings. The molecule has 21 heavy (non-hydrogen) atoms. The molecule has 0 aliphatic heterocycles. The number of methoxy groups -OCH3 is 1. The van der Waals surface area contributed by atoms with Crippen LogP contribution in [-0.4, -0.2) is 12.2 Å². The minimum absolute atomic E-state index is 0.0977. The molecular formula is C16H17ClN2OS. The maximum atomic E-state index is 5.89. The van der Waals surface area contributed by atoms with Gasteiger partial charge in [0.2, 0.25) is 0 Å². The normalized spacial score (nSPS) is 11.6. The first-order chi connectivity index (χ1) is 10.1. The number of anilines is 1. The molecule has 0 bridgehead atoms. The first-order valence-electron chi connectivity index (χ1n) is 6.55. The van der Waals surface area contributed by atoms with Gasteiger partial charge >= 0.3 is 0 Å². The average molecular weight is 321 g/mol. The number of hydrogen-bond acceptors (Lipinski definition) is 2. The van der Waals surface area contributed by atoms with Gasteiger partial charge in [0.25, 0.3) is 0 Å². The zero-order valence-electron chi connectivity index (χ0n) is 11.9. The van der Waals surface area contributed by atoms with Gasteiger partial charge in [-0.25, -0.2) is 0 Å². The van der Waals surface area contributed by atoms with Crippen molar-refractivity contribution in [1.82, 2.24) is 5.32 Å². The second kappa shape index (κ2) is 7.29. The lowest BCUT2D eigenvalue weighted by molar-refractivity contribution is 0.415. The minimum atomic E-state index is 0.0977. The molecule has 2 aromatic carbocycles. The monoisotopic (exact) mass is 320 g/mol. The lowest BCUT2D eigenvalue weighted by atomic mass is 10.1. The van der Waals surface area contributed by atoms with E-state index in [1.54, 1.807) is 7.11 Å². The molecule has 0 amide bonds. The van der Waals surface area contributed by atoms with Gasteiger partial charge in [-0.05, 0) is 61.1 Å². The molecule has 1 atom stereocenters. The van der Waals surface area contributed by atoms with Crippen molar-refractivity contribution in [1.29, 1.82) is 0 Å². The summed E-state index contributed by atoms with van der Waals surface area (Å²) in [6.07, 6.45) is 0. The van der Waals surface area contributed by atoms with Crippen LogP contribution in [0.1, 0.15) is 18.5 Å². The quantitative estimate of drug-likeness (QED) is 0.818. The smallest absolute Gasteiger partial charge is 0.171 e. The summed E-state index contributed by atoms with van der Waals surface area (Å²) in [6.45, 7) is 2.05. The topological polar surface area (TPSA) is 33.3 Å². The van der Waals surface area contributed by atoms with Gasteiger partial charge in [0.1, 0.15) is 5.75 Å². The number of halogens is 1. The Morgan fingerprint density at radius 3 is 2.29 bits per heavy atom. The van der Waals surface area contributed by atoms with Crippen molar-refractivity contribution in [2.45, 2.75) is 13.0 Å². The predicted molar refractivity (Wildman–Crippen MR) is 92.2 cm³/mol. The first kappa shape index (κ1) is 15.6. The van der Waals surface area contributed by atoms with Crippen LogP contribution >= 0.6 is 23.8 Å². The lowest BCUT2D eigenvalue weighted by Crippen LogP contribution is -2.30. The SMILES string of the molecule is COc1ccc(NC(=S)N[C@H](C)c2ccc(Cl)cc2)cc1. The summed E-state index contributed by atoms with van der Waals surface area (Å²) in [5, 5.41) is 7.68. The fourth-order valence-electron chi connectivity index (χ4n) is 1.87. The summed E-state index contributed by atoms with van der Waals surface area (Å²) >= 11 is 11.2. The second-order valence-electron chi connectivity index (χ2n) is 4.60. The van der Waals surface area contributed by atoms with E-state index >= 15 is 0 Å². The molecule has 0 aliphatic carbocycles. The first-order valence-corrected chi connectivity index (χ1v) is 7.34. The van der Waals surface area contributed by atoms with E-state index in [1.807, 2.05) is 55.5 Å². The molecule has 0 aliphatic rings. The Morgan fingerprint density at radius 1 is 1.10 bits per heavy atom. The highest BCUT2D eigenvalue weighted by atomic mass is 35.5. The number of nitrogens with one attached hydrogen (secondary N) is 2. The highest BCUT2D eigenvalue weighted by molar-refractivity contribution is 7.80. The largest absolute Gasteiger partial charge is 0.497 e. The van der Waals surface area contributed by atoms with Crippen molar-refractivity contribution >= 4 is 34.6 Å². The zero-order valence-corrected chi connectivity index (χ0v) is 13.5. The van der Waals surface area contributed by atoms with Gasteiger partial charge in [-0.1, -0.05) is 23.7 Å². The molecule has 0 radical (unpaired) electrons. The third kappa shape index (κ3) is 4.62. The minimum Gasteiger partial charge on any atom is -0.497 e. The molecule has 2 aromatic rings. The highest BCUT2D eigenvalue weighted by Crippen LogP contribution is 2.17. The van der Waals surface area contributed by atoms with E-state index in [2.05, 4.69) is 10.6 Å². The van der Waals surface area contributed by atoms with E-state index in [1.165, 1.54) is 0 Å². The number of rotatable bonds is 4. The summed E-state index contributed by atoms with van der Waals surface area (Å²) in [7, 11) is 1.64. The Labute approximate surface area is 135 Å². The number of benzene rings is 2. The molecule has 0 spiro atoms. The fraction of sp³-hybridized carbons (Fsp3) is 0.188. The zero-order chi connectivity index (χ0) is 15.2. The van der Waals surface area contributed by atoms with E-state index < -0.39 is 0 Å². The Hall–Kier alpha value is -1.78. The van der Waals surface area contributed by atoms with Crippen molar-refractivity contribution in [3.63, 3.8) is 0 Å². The molecule has 0 heterocycles. The molecule has 3 nitrogen and oxygen atoms in total. The van der Waals surface area contributed by atoms with Crippen molar-refractivity contribution < 1.29 is 4.74 Å². The molecule has 2 N–H and O–H groups in total. The van der Waals surface area contributed by atoms with Crippen molar-refractivity contribution in [3.8, 4) is 5.75 Å². The molecule has 5 heteroatoms. The van der Waals surface area contributed by atoms with E-state index in [-0.39, 0.29) is 6.04 Å². The molecule has 2 rings (SSSR count). The molecule has 110 valence electrons. The Morgan fingerprint density at radius 2 is 1.71 bits per heavy atom. The maximum absolute atomic E-state index is 5.89.